The highest BCUT2D eigenvalue weighted by molar-refractivity contribution is 7.10. The van der Waals surface area contributed by atoms with Crippen LogP contribution in [0, 0.1) is 0 Å². The summed E-state index contributed by atoms with van der Waals surface area (Å²) in [6, 6.07) is 11.2. The Hall–Kier alpha value is -1.21. The Balaban J connectivity index is 0.00000192. The SMILES string of the molecule is Cl.FC(F)Oc1cccc([C@H](c2cccs2)N2CCNCC2)c1. The number of thiophene rings is 1. The van der Waals surface area contributed by atoms with Gasteiger partial charge < -0.3 is 10.1 Å². The molecule has 1 aliphatic rings. The molecule has 2 aromatic rings. The fraction of sp³-hybridized carbons (Fsp3) is 0.375. The van der Waals surface area contributed by atoms with Gasteiger partial charge in [0.05, 0.1) is 6.04 Å². The summed E-state index contributed by atoms with van der Waals surface area (Å²) in [4.78, 5) is 3.60. The molecule has 1 N–H and O–H groups in total. The predicted octanol–water partition coefficient (Wildman–Crippen LogP) is 3.77. The molecule has 0 radical (unpaired) electrons. The highest BCUT2D eigenvalue weighted by Crippen LogP contribution is 2.33. The first-order chi connectivity index (χ1) is 10.7. The Kier molecular flexibility index (Phi) is 6.77. The molecule has 0 amide bonds. The van der Waals surface area contributed by atoms with E-state index < -0.39 is 6.61 Å². The topological polar surface area (TPSA) is 24.5 Å². The molecule has 2 heterocycles. The van der Waals surface area contributed by atoms with E-state index in [2.05, 4.69) is 21.0 Å². The number of nitrogens with one attached hydrogen (secondary N) is 1. The third-order valence-corrected chi connectivity index (χ3v) is 4.65. The van der Waals surface area contributed by atoms with Crippen molar-refractivity contribution in [3.63, 3.8) is 0 Å². The molecule has 126 valence electrons. The second kappa shape index (κ2) is 8.59. The van der Waals surface area contributed by atoms with Gasteiger partial charge in [0.25, 0.3) is 0 Å². The molecule has 1 aromatic heterocycles. The standard InChI is InChI=1S/C16H18F2N2OS.ClH/c17-16(18)21-13-4-1-3-12(11-13)15(14-5-2-10-22-14)20-8-6-19-7-9-20;/h1-5,10-11,15-16,19H,6-9H2;1H/t15-;/m1./s1. The number of hydrogen-bond acceptors (Lipinski definition) is 4. The van der Waals surface area contributed by atoms with Crippen LogP contribution in [0.15, 0.2) is 41.8 Å². The molecule has 1 fully saturated rings. The van der Waals surface area contributed by atoms with Crippen molar-refractivity contribution in [1.82, 2.24) is 10.2 Å². The van der Waals surface area contributed by atoms with Crippen LogP contribution in [0.1, 0.15) is 16.5 Å². The Labute approximate surface area is 144 Å². The van der Waals surface area contributed by atoms with Crippen molar-refractivity contribution in [1.29, 1.82) is 0 Å². The lowest BCUT2D eigenvalue weighted by molar-refractivity contribution is -0.0499. The number of benzene rings is 1. The molecule has 0 aliphatic carbocycles. The third kappa shape index (κ3) is 4.64. The fourth-order valence-corrected chi connectivity index (χ4v) is 3.69. The average Bonchev–Trinajstić information content (AvgIpc) is 3.02. The quantitative estimate of drug-likeness (QED) is 0.878. The molecule has 0 saturated carbocycles. The minimum absolute atomic E-state index is 0. The lowest BCUT2D eigenvalue weighted by Crippen LogP contribution is -2.45. The van der Waals surface area contributed by atoms with Crippen LogP contribution in [0.4, 0.5) is 8.78 Å². The molecule has 1 atom stereocenters. The number of rotatable bonds is 5. The Bertz CT molecular complexity index is 592. The van der Waals surface area contributed by atoms with Crippen molar-refractivity contribution in [2.75, 3.05) is 26.2 Å². The normalized spacial score (nSPS) is 16.8. The Morgan fingerprint density at radius 2 is 1.91 bits per heavy atom. The highest BCUT2D eigenvalue weighted by Gasteiger charge is 2.25. The summed E-state index contributed by atoms with van der Waals surface area (Å²) in [7, 11) is 0. The molecule has 0 bridgehead atoms. The summed E-state index contributed by atoms with van der Waals surface area (Å²) in [6.07, 6.45) is 0. The summed E-state index contributed by atoms with van der Waals surface area (Å²) in [6.45, 7) is 0.949. The smallest absolute Gasteiger partial charge is 0.387 e. The van der Waals surface area contributed by atoms with Crippen LogP contribution in [0.3, 0.4) is 0 Å². The van der Waals surface area contributed by atoms with E-state index in [4.69, 9.17) is 0 Å². The number of ether oxygens (including phenoxy) is 1. The molecule has 3 rings (SSSR count). The van der Waals surface area contributed by atoms with Crippen molar-refractivity contribution >= 4 is 23.7 Å². The number of halogens is 3. The largest absolute Gasteiger partial charge is 0.435 e. The minimum atomic E-state index is -2.80. The van der Waals surface area contributed by atoms with E-state index in [1.54, 1.807) is 29.5 Å². The Morgan fingerprint density at radius 1 is 1.13 bits per heavy atom. The zero-order valence-corrected chi connectivity index (χ0v) is 14.1. The number of piperazine rings is 1. The van der Waals surface area contributed by atoms with Gasteiger partial charge in [0.15, 0.2) is 0 Å². The maximum Gasteiger partial charge on any atom is 0.387 e. The van der Waals surface area contributed by atoms with Gasteiger partial charge in [-0.1, -0.05) is 18.2 Å². The monoisotopic (exact) mass is 360 g/mol. The Morgan fingerprint density at radius 3 is 2.57 bits per heavy atom. The lowest BCUT2D eigenvalue weighted by atomic mass is 10.0. The van der Waals surface area contributed by atoms with Crippen LogP contribution in [-0.4, -0.2) is 37.7 Å². The second-order valence-electron chi connectivity index (χ2n) is 5.15. The minimum Gasteiger partial charge on any atom is -0.435 e. The molecule has 7 heteroatoms. The maximum absolute atomic E-state index is 12.4. The molecule has 1 aliphatic heterocycles. The van der Waals surface area contributed by atoms with E-state index >= 15 is 0 Å². The maximum atomic E-state index is 12.4. The summed E-state index contributed by atoms with van der Waals surface area (Å²) in [5, 5.41) is 5.39. The molecule has 1 aromatic carbocycles. The number of alkyl halides is 2. The molecule has 3 nitrogen and oxygen atoms in total. The van der Waals surface area contributed by atoms with Crippen LogP contribution in [0.5, 0.6) is 5.75 Å². The first-order valence-electron chi connectivity index (χ1n) is 7.27. The first-order valence-corrected chi connectivity index (χ1v) is 8.15. The van der Waals surface area contributed by atoms with Gasteiger partial charge in [-0.2, -0.15) is 8.78 Å². The van der Waals surface area contributed by atoms with Crippen LogP contribution in [0.2, 0.25) is 0 Å². The number of nitrogens with zero attached hydrogens (tertiary/aromatic N) is 1. The molecule has 23 heavy (non-hydrogen) atoms. The van der Waals surface area contributed by atoms with Crippen molar-refractivity contribution in [2.45, 2.75) is 12.7 Å². The van der Waals surface area contributed by atoms with Gasteiger partial charge in [0, 0.05) is 31.1 Å². The van der Waals surface area contributed by atoms with Crippen LogP contribution < -0.4 is 10.1 Å². The molecule has 0 unspecified atom stereocenters. The van der Waals surface area contributed by atoms with E-state index in [1.807, 2.05) is 17.5 Å². The zero-order valence-electron chi connectivity index (χ0n) is 12.5. The highest BCUT2D eigenvalue weighted by atomic mass is 35.5. The van der Waals surface area contributed by atoms with Gasteiger partial charge in [-0.3, -0.25) is 4.90 Å². The van der Waals surface area contributed by atoms with E-state index in [1.165, 1.54) is 4.88 Å². The van der Waals surface area contributed by atoms with Crippen LogP contribution in [-0.2, 0) is 0 Å². The van der Waals surface area contributed by atoms with E-state index in [0.717, 1.165) is 31.7 Å². The number of hydrogen-bond donors (Lipinski definition) is 1. The molecular formula is C16H19ClF2N2OS. The van der Waals surface area contributed by atoms with Crippen molar-refractivity contribution in [3.05, 3.63) is 52.2 Å². The first kappa shape index (κ1) is 18.1. The van der Waals surface area contributed by atoms with Crippen LogP contribution >= 0.6 is 23.7 Å². The van der Waals surface area contributed by atoms with Gasteiger partial charge >= 0.3 is 6.61 Å². The fourth-order valence-electron chi connectivity index (χ4n) is 2.80. The van der Waals surface area contributed by atoms with Gasteiger partial charge in [-0.05, 0) is 29.1 Å². The van der Waals surface area contributed by atoms with Crippen molar-refractivity contribution in [2.24, 2.45) is 0 Å². The summed E-state index contributed by atoms with van der Waals surface area (Å²) in [5.74, 6) is 0.212. The second-order valence-corrected chi connectivity index (χ2v) is 6.13. The third-order valence-electron chi connectivity index (χ3n) is 3.73. The lowest BCUT2D eigenvalue weighted by Gasteiger charge is -2.34. The van der Waals surface area contributed by atoms with Crippen molar-refractivity contribution in [3.8, 4) is 5.75 Å². The van der Waals surface area contributed by atoms with E-state index in [9.17, 15) is 8.78 Å². The predicted molar refractivity (Wildman–Crippen MR) is 90.9 cm³/mol. The van der Waals surface area contributed by atoms with Gasteiger partial charge in [0.1, 0.15) is 5.75 Å². The average molecular weight is 361 g/mol. The van der Waals surface area contributed by atoms with Crippen molar-refractivity contribution < 1.29 is 13.5 Å². The molecule has 1 saturated heterocycles. The molecule has 0 spiro atoms. The van der Waals surface area contributed by atoms with E-state index in [-0.39, 0.29) is 24.2 Å². The zero-order chi connectivity index (χ0) is 15.4. The summed E-state index contributed by atoms with van der Waals surface area (Å²) in [5.41, 5.74) is 0.988. The van der Waals surface area contributed by atoms with Crippen LogP contribution in [0.25, 0.3) is 0 Å². The van der Waals surface area contributed by atoms with Gasteiger partial charge in [-0.25, -0.2) is 0 Å². The van der Waals surface area contributed by atoms with Gasteiger partial charge in [-0.15, -0.1) is 23.7 Å². The summed E-state index contributed by atoms with van der Waals surface area (Å²) >= 11 is 1.69. The van der Waals surface area contributed by atoms with Gasteiger partial charge in [0.2, 0.25) is 0 Å². The molecular weight excluding hydrogens is 342 g/mol. The summed E-state index contributed by atoms with van der Waals surface area (Å²) < 4.78 is 29.4. The van der Waals surface area contributed by atoms with E-state index in [0.29, 0.717) is 0 Å².